The minimum Gasteiger partial charge on any atom is -0.497 e. The lowest BCUT2D eigenvalue weighted by Crippen LogP contribution is -2.37. The lowest BCUT2D eigenvalue weighted by atomic mass is 10.0. The second-order valence-electron chi connectivity index (χ2n) is 7.66. The maximum absolute atomic E-state index is 12.9. The normalized spacial score (nSPS) is 15.8. The first-order valence-corrected chi connectivity index (χ1v) is 10.2. The summed E-state index contributed by atoms with van der Waals surface area (Å²) in [5, 5.41) is 4.92. The molecule has 2 aromatic carbocycles. The minimum absolute atomic E-state index is 0.0985. The third kappa shape index (κ3) is 5.73. The summed E-state index contributed by atoms with van der Waals surface area (Å²) >= 11 is 6.32. The van der Waals surface area contributed by atoms with E-state index in [0.29, 0.717) is 31.0 Å². The average molecular weight is 415 g/mol. The molecule has 0 fully saturated rings. The predicted molar refractivity (Wildman–Crippen MR) is 115 cm³/mol. The van der Waals surface area contributed by atoms with Gasteiger partial charge in [-0.25, -0.2) is 0 Å². The quantitative estimate of drug-likeness (QED) is 0.616. The maximum atomic E-state index is 12.9. The molecule has 0 unspecified atom stereocenters. The molecular weight excluding hydrogens is 388 g/mol. The van der Waals surface area contributed by atoms with Crippen molar-refractivity contribution in [1.82, 2.24) is 4.90 Å². The molecule has 1 aliphatic heterocycles. The molecule has 29 heavy (non-hydrogen) atoms. The van der Waals surface area contributed by atoms with Gasteiger partial charge in [0, 0.05) is 24.4 Å². The van der Waals surface area contributed by atoms with Gasteiger partial charge in [-0.2, -0.15) is 0 Å². The van der Waals surface area contributed by atoms with E-state index in [9.17, 15) is 4.79 Å². The van der Waals surface area contributed by atoms with Crippen LogP contribution >= 0.6 is 11.6 Å². The van der Waals surface area contributed by atoms with Crippen LogP contribution in [0.15, 0.2) is 53.7 Å². The fourth-order valence-electron chi connectivity index (χ4n) is 3.29. The third-order valence-electron chi connectivity index (χ3n) is 4.83. The maximum Gasteiger partial charge on any atom is 0.223 e. The minimum atomic E-state index is -0.175. The van der Waals surface area contributed by atoms with Gasteiger partial charge in [-0.15, -0.1) is 0 Å². The standard InChI is InChI=1S/C23H27ClN2O3/c1-16(2)12-23(27)26(14-18-6-4-5-7-21(18)24)15-20-13-22(25-29-20)17-8-10-19(28-3)11-9-17/h4-11,16,20H,12-15H2,1-3H3/t20-/m0/s1. The van der Waals surface area contributed by atoms with Gasteiger partial charge in [-0.1, -0.05) is 48.8 Å². The average Bonchev–Trinajstić information content (AvgIpc) is 3.17. The SMILES string of the molecule is COc1ccc(C2=NO[C@H](CN(Cc3ccccc3Cl)C(=O)CC(C)C)C2)cc1. The molecule has 1 aliphatic rings. The highest BCUT2D eigenvalue weighted by Gasteiger charge is 2.27. The zero-order valence-corrected chi connectivity index (χ0v) is 17.9. The molecule has 0 spiro atoms. The van der Waals surface area contributed by atoms with Crippen molar-refractivity contribution in [2.24, 2.45) is 11.1 Å². The Kier molecular flexibility index (Phi) is 7.15. The molecule has 0 N–H and O–H groups in total. The first kappa shape index (κ1) is 21.2. The van der Waals surface area contributed by atoms with Crippen LogP contribution in [0.25, 0.3) is 0 Å². The molecule has 0 saturated heterocycles. The van der Waals surface area contributed by atoms with Crippen molar-refractivity contribution < 1.29 is 14.4 Å². The van der Waals surface area contributed by atoms with Crippen LogP contribution in [0.3, 0.4) is 0 Å². The van der Waals surface area contributed by atoms with Gasteiger partial charge in [0.25, 0.3) is 0 Å². The summed E-state index contributed by atoms with van der Waals surface area (Å²) in [7, 11) is 1.64. The highest BCUT2D eigenvalue weighted by Crippen LogP contribution is 2.23. The van der Waals surface area contributed by atoms with Crippen LogP contribution in [0.4, 0.5) is 0 Å². The lowest BCUT2D eigenvalue weighted by molar-refractivity contribution is -0.134. The van der Waals surface area contributed by atoms with Gasteiger partial charge < -0.3 is 14.5 Å². The Labute approximate surface area is 177 Å². The predicted octanol–water partition coefficient (Wildman–Crippen LogP) is 4.92. The molecule has 0 saturated carbocycles. The number of hydrogen-bond donors (Lipinski definition) is 0. The Morgan fingerprint density at radius 2 is 1.97 bits per heavy atom. The molecule has 0 radical (unpaired) electrons. The summed E-state index contributed by atoms with van der Waals surface area (Å²) in [5.41, 5.74) is 2.81. The summed E-state index contributed by atoms with van der Waals surface area (Å²) in [4.78, 5) is 20.3. The van der Waals surface area contributed by atoms with E-state index < -0.39 is 0 Å². The molecule has 2 aromatic rings. The van der Waals surface area contributed by atoms with Gasteiger partial charge in [0.2, 0.25) is 5.91 Å². The molecule has 0 aliphatic carbocycles. The monoisotopic (exact) mass is 414 g/mol. The smallest absolute Gasteiger partial charge is 0.223 e. The first-order chi connectivity index (χ1) is 14.0. The van der Waals surface area contributed by atoms with Crippen molar-refractivity contribution in [3.63, 3.8) is 0 Å². The number of methoxy groups -OCH3 is 1. The van der Waals surface area contributed by atoms with Gasteiger partial charge in [0.1, 0.15) is 5.75 Å². The number of carbonyl (C=O) groups excluding carboxylic acids is 1. The molecular formula is C23H27ClN2O3. The largest absolute Gasteiger partial charge is 0.497 e. The van der Waals surface area contributed by atoms with E-state index in [1.54, 1.807) is 7.11 Å². The number of amides is 1. The van der Waals surface area contributed by atoms with Crippen LogP contribution in [0, 0.1) is 5.92 Å². The number of ether oxygens (including phenoxy) is 1. The number of benzene rings is 2. The molecule has 6 heteroatoms. The van der Waals surface area contributed by atoms with Gasteiger partial charge in [0.05, 0.1) is 19.4 Å². The molecule has 3 rings (SSSR count). The van der Waals surface area contributed by atoms with E-state index in [0.717, 1.165) is 22.6 Å². The van der Waals surface area contributed by atoms with E-state index in [4.69, 9.17) is 21.2 Å². The molecule has 1 atom stereocenters. The zero-order chi connectivity index (χ0) is 20.8. The van der Waals surface area contributed by atoms with Crippen molar-refractivity contribution in [2.75, 3.05) is 13.7 Å². The summed E-state index contributed by atoms with van der Waals surface area (Å²) < 4.78 is 5.20. The van der Waals surface area contributed by atoms with Crippen LogP contribution in [0.5, 0.6) is 5.75 Å². The Morgan fingerprint density at radius 1 is 1.24 bits per heavy atom. The Hall–Kier alpha value is -2.53. The number of rotatable bonds is 8. The van der Waals surface area contributed by atoms with E-state index in [-0.39, 0.29) is 17.9 Å². The van der Waals surface area contributed by atoms with Crippen LogP contribution in [0.2, 0.25) is 5.02 Å². The van der Waals surface area contributed by atoms with E-state index >= 15 is 0 Å². The summed E-state index contributed by atoms with van der Waals surface area (Å²) in [6, 6.07) is 15.4. The van der Waals surface area contributed by atoms with Crippen molar-refractivity contribution in [3.8, 4) is 5.75 Å². The summed E-state index contributed by atoms with van der Waals surface area (Å²) in [5.74, 6) is 1.18. The van der Waals surface area contributed by atoms with Crippen LogP contribution < -0.4 is 4.74 Å². The molecule has 0 bridgehead atoms. The fourth-order valence-corrected chi connectivity index (χ4v) is 3.49. The number of hydrogen-bond acceptors (Lipinski definition) is 4. The molecule has 5 nitrogen and oxygen atoms in total. The third-order valence-corrected chi connectivity index (χ3v) is 5.20. The molecule has 0 aromatic heterocycles. The second kappa shape index (κ2) is 9.79. The van der Waals surface area contributed by atoms with Gasteiger partial charge >= 0.3 is 0 Å². The Bertz CT molecular complexity index is 865. The highest BCUT2D eigenvalue weighted by atomic mass is 35.5. The topological polar surface area (TPSA) is 51.1 Å². The number of nitrogens with zero attached hydrogens (tertiary/aromatic N) is 2. The molecule has 154 valence electrons. The van der Waals surface area contributed by atoms with E-state index in [1.165, 1.54) is 0 Å². The molecule has 1 heterocycles. The Balaban J connectivity index is 1.67. The summed E-state index contributed by atoms with van der Waals surface area (Å²) in [6.45, 7) is 5.02. The first-order valence-electron chi connectivity index (χ1n) is 9.84. The van der Waals surface area contributed by atoms with Crippen molar-refractivity contribution in [1.29, 1.82) is 0 Å². The van der Waals surface area contributed by atoms with Crippen molar-refractivity contribution in [2.45, 2.75) is 39.3 Å². The lowest BCUT2D eigenvalue weighted by Gasteiger charge is -2.26. The second-order valence-corrected chi connectivity index (χ2v) is 8.07. The number of oxime groups is 1. The van der Waals surface area contributed by atoms with E-state index in [2.05, 4.69) is 5.16 Å². The van der Waals surface area contributed by atoms with E-state index in [1.807, 2.05) is 67.3 Å². The van der Waals surface area contributed by atoms with Crippen LogP contribution in [0.1, 0.15) is 37.8 Å². The summed E-state index contributed by atoms with van der Waals surface area (Å²) in [6.07, 6.45) is 0.967. The Morgan fingerprint density at radius 3 is 2.62 bits per heavy atom. The van der Waals surface area contributed by atoms with Crippen LogP contribution in [-0.2, 0) is 16.2 Å². The fraction of sp³-hybridized carbons (Fsp3) is 0.391. The van der Waals surface area contributed by atoms with Gasteiger partial charge in [-0.3, -0.25) is 4.79 Å². The molecule has 1 amide bonds. The van der Waals surface area contributed by atoms with Crippen molar-refractivity contribution >= 4 is 23.2 Å². The highest BCUT2D eigenvalue weighted by molar-refractivity contribution is 6.31. The van der Waals surface area contributed by atoms with Gasteiger partial charge in [-0.05, 0) is 47.4 Å². The number of halogens is 1. The zero-order valence-electron chi connectivity index (χ0n) is 17.1. The number of carbonyl (C=O) groups is 1. The van der Waals surface area contributed by atoms with Crippen LogP contribution in [-0.4, -0.2) is 36.3 Å². The van der Waals surface area contributed by atoms with Crippen molar-refractivity contribution in [3.05, 3.63) is 64.7 Å². The van der Waals surface area contributed by atoms with Gasteiger partial charge in [0.15, 0.2) is 6.10 Å².